The summed E-state index contributed by atoms with van der Waals surface area (Å²) in [4.78, 5) is 9.05. The van der Waals surface area contributed by atoms with E-state index in [0.29, 0.717) is 0 Å². The Morgan fingerprint density at radius 2 is 1.81 bits per heavy atom. The van der Waals surface area contributed by atoms with Crippen LogP contribution in [0.4, 0.5) is 11.6 Å². The van der Waals surface area contributed by atoms with Crippen molar-refractivity contribution in [2.24, 2.45) is 11.8 Å². The van der Waals surface area contributed by atoms with E-state index in [1.807, 2.05) is 12.3 Å². The van der Waals surface area contributed by atoms with Crippen molar-refractivity contribution in [3.8, 4) is 0 Å². The van der Waals surface area contributed by atoms with E-state index in [1.54, 1.807) is 11.8 Å². The van der Waals surface area contributed by atoms with Crippen LogP contribution in [-0.4, -0.2) is 29.3 Å². The zero-order valence-electron chi connectivity index (χ0n) is 13.5. The highest BCUT2D eigenvalue weighted by molar-refractivity contribution is 7.98. The maximum atomic E-state index is 4.56. The number of anilines is 2. The summed E-state index contributed by atoms with van der Waals surface area (Å²) < 4.78 is 0. The Kier molecular flexibility index (Phi) is 6.61. The molecule has 0 radical (unpaired) electrons. The number of hydrogen-bond acceptors (Lipinski definition) is 5. The third kappa shape index (κ3) is 5.38. The molecule has 0 bridgehead atoms. The Morgan fingerprint density at radius 3 is 2.43 bits per heavy atom. The molecule has 2 rings (SSSR count). The number of nitrogens with zero attached hydrogens (tertiary/aromatic N) is 2. The summed E-state index contributed by atoms with van der Waals surface area (Å²) in [5.41, 5.74) is 0. The molecule has 0 saturated heterocycles. The Hall–Kier alpha value is -0.970. The van der Waals surface area contributed by atoms with E-state index in [2.05, 4.69) is 34.4 Å². The second-order valence-electron chi connectivity index (χ2n) is 6.06. The van der Waals surface area contributed by atoms with Crippen molar-refractivity contribution in [1.29, 1.82) is 0 Å². The Balaban J connectivity index is 1.91. The minimum absolute atomic E-state index is 0.793. The molecule has 118 valence electrons. The first-order valence-electron chi connectivity index (χ1n) is 8.12. The van der Waals surface area contributed by atoms with Gasteiger partial charge in [-0.1, -0.05) is 38.5 Å². The first kappa shape index (κ1) is 16.4. The highest BCUT2D eigenvalue weighted by Gasteiger charge is 2.18. The highest BCUT2D eigenvalue weighted by atomic mass is 32.2. The zero-order chi connectivity index (χ0) is 15.1. The molecule has 1 heterocycles. The van der Waals surface area contributed by atoms with Gasteiger partial charge in [0.2, 0.25) is 0 Å². The summed E-state index contributed by atoms with van der Waals surface area (Å²) in [6, 6.07) is 2.03. The molecular weight excluding hydrogens is 280 g/mol. The minimum atomic E-state index is 0.793. The summed E-state index contributed by atoms with van der Waals surface area (Å²) >= 11 is 1.59. The maximum Gasteiger partial charge on any atom is 0.191 e. The standard InChI is InChI=1S/C16H28N4S/c1-4-9-17-14-10-15(20-16(19-14)21-3)18-11-13-7-5-12(2)6-8-13/h10,12-13H,4-9,11H2,1-3H3,(H2,17,18,19,20). The number of aromatic nitrogens is 2. The minimum Gasteiger partial charge on any atom is -0.370 e. The first-order valence-corrected chi connectivity index (χ1v) is 9.34. The Morgan fingerprint density at radius 1 is 1.14 bits per heavy atom. The van der Waals surface area contributed by atoms with Gasteiger partial charge in [-0.15, -0.1) is 0 Å². The summed E-state index contributed by atoms with van der Waals surface area (Å²) in [5.74, 6) is 3.58. The number of rotatable bonds is 7. The maximum absolute atomic E-state index is 4.56. The summed E-state index contributed by atoms with van der Waals surface area (Å²) in [5, 5.41) is 7.69. The molecule has 1 aliphatic rings. The van der Waals surface area contributed by atoms with Gasteiger partial charge >= 0.3 is 0 Å². The van der Waals surface area contributed by atoms with E-state index in [9.17, 15) is 0 Å². The molecule has 0 spiro atoms. The lowest BCUT2D eigenvalue weighted by Gasteiger charge is -2.26. The predicted molar refractivity (Wildman–Crippen MR) is 92.2 cm³/mol. The molecule has 1 saturated carbocycles. The third-order valence-corrected chi connectivity index (χ3v) is 4.70. The summed E-state index contributed by atoms with van der Waals surface area (Å²) in [6.07, 6.45) is 8.54. The third-order valence-electron chi connectivity index (χ3n) is 4.15. The lowest BCUT2D eigenvalue weighted by molar-refractivity contribution is 0.300. The molecule has 2 N–H and O–H groups in total. The van der Waals surface area contributed by atoms with Crippen molar-refractivity contribution in [1.82, 2.24) is 9.97 Å². The normalized spacial score (nSPS) is 22.0. The van der Waals surface area contributed by atoms with Gasteiger partial charge in [-0.2, -0.15) is 0 Å². The monoisotopic (exact) mass is 308 g/mol. The van der Waals surface area contributed by atoms with E-state index in [4.69, 9.17) is 0 Å². The van der Waals surface area contributed by atoms with E-state index >= 15 is 0 Å². The molecule has 21 heavy (non-hydrogen) atoms. The highest BCUT2D eigenvalue weighted by Crippen LogP contribution is 2.28. The van der Waals surface area contributed by atoms with Crippen LogP contribution in [0, 0.1) is 11.8 Å². The van der Waals surface area contributed by atoms with E-state index in [-0.39, 0.29) is 0 Å². The molecule has 1 aliphatic carbocycles. The van der Waals surface area contributed by atoms with E-state index in [1.165, 1.54) is 25.7 Å². The molecule has 1 fully saturated rings. The average Bonchev–Trinajstić information content (AvgIpc) is 2.52. The van der Waals surface area contributed by atoms with Gasteiger partial charge in [0, 0.05) is 19.2 Å². The van der Waals surface area contributed by atoms with Gasteiger partial charge in [-0.05, 0) is 37.4 Å². The van der Waals surface area contributed by atoms with Crippen LogP contribution >= 0.6 is 11.8 Å². The predicted octanol–water partition coefficient (Wildman–Crippen LogP) is 4.26. The number of nitrogens with one attached hydrogen (secondary N) is 2. The van der Waals surface area contributed by atoms with Crippen molar-refractivity contribution in [3.63, 3.8) is 0 Å². The quantitative estimate of drug-likeness (QED) is 0.582. The zero-order valence-corrected chi connectivity index (χ0v) is 14.3. The van der Waals surface area contributed by atoms with Gasteiger partial charge in [-0.3, -0.25) is 0 Å². The molecule has 0 atom stereocenters. The molecule has 0 aliphatic heterocycles. The number of hydrogen-bond donors (Lipinski definition) is 2. The van der Waals surface area contributed by atoms with E-state index in [0.717, 1.165) is 48.1 Å². The van der Waals surface area contributed by atoms with Crippen LogP contribution in [0.2, 0.25) is 0 Å². The second-order valence-corrected chi connectivity index (χ2v) is 6.83. The van der Waals surface area contributed by atoms with Crippen molar-refractivity contribution in [2.75, 3.05) is 30.0 Å². The smallest absolute Gasteiger partial charge is 0.191 e. The van der Waals surface area contributed by atoms with Crippen LogP contribution in [-0.2, 0) is 0 Å². The van der Waals surface area contributed by atoms with Crippen LogP contribution in [0.1, 0.15) is 46.0 Å². The van der Waals surface area contributed by atoms with Crippen LogP contribution < -0.4 is 10.6 Å². The molecule has 0 unspecified atom stereocenters. The molecular formula is C16H28N4S. The van der Waals surface area contributed by atoms with Gasteiger partial charge in [0.1, 0.15) is 11.6 Å². The van der Waals surface area contributed by atoms with Gasteiger partial charge in [0.05, 0.1) is 0 Å². The Bertz CT molecular complexity index is 430. The van der Waals surface area contributed by atoms with Crippen molar-refractivity contribution in [2.45, 2.75) is 51.1 Å². The van der Waals surface area contributed by atoms with Crippen LogP contribution in [0.5, 0.6) is 0 Å². The Labute approximate surface area is 132 Å². The van der Waals surface area contributed by atoms with Crippen molar-refractivity contribution in [3.05, 3.63) is 6.07 Å². The fourth-order valence-electron chi connectivity index (χ4n) is 2.73. The largest absolute Gasteiger partial charge is 0.370 e. The summed E-state index contributed by atoms with van der Waals surface area (Å²) in [7, 11) is 0. The molecule has 4 nitrogen and oxygen atoms in total. The second kappa shape index (κ2) is 8.47. The molecule has 0 amide bonds. The number of thioether (sulfide) groups is 1. The van der Waals surface area contributed by atoms with Gasteiger partial charge in [0.25, 0.3) is 0 Å². The molecule has 0 aromatic carbocycles. The van der Waals surface area contributed by atoms with Crippen LogP contribution in [0.3, 0.4) is 0 Å². The van der Waals surface area contributed by atoms with Gasteiger partial charge in [-0.25, -0.2) is 9.97 Å². The lowest BCUT2D eigenvalue weighted by atomic mass is 9.83. The molecule has 1 aromatic rings. The van der Waals surface area contributed by atoms with Crippen LogP contribution in [0.15, 0.2) is 11.2 Å². The van der Waals surface area contributed by atoms with Gasteiger partial charge in [0.15, 0.2) is 5.16 Å². The first-order chi connectivity index (χ1) is 10.2. The van der Waals surface area contributed by atoms with Crippen molar-refractivity contribution < 1.29 is 0 Å². The fourth-order valence-corrected chi connectivity index (χ4v) is 3.11. The topological polar surface area (TPSA) is 49.8 Å². The van der Waals surface area contributed by atoms with Crippen molar-refractivity contribution >= 4 is 23.4 Å². The van der Waals surface area contributed by atoms with Crippen LogP contribution in [0.25, 0.3) is 0 Å². The van der Waals surface area contributed by atoms with Gasteiger partial charge < -0.3 is 10.6 Å². The average molecular weight is 308 g/mol. The summed E-state index contributed by atoms with van der Waals surface area (Å²) in [6.45, 7) is 6.51. The molecule has 5 heteroatoms. The lowest BCUT2D eigenvalue weighted by Crippen LogP contribution is -2.20. The fraction of sp³-hybridized carbons (Fsp3) is 0.750. The molecule has 1 aromatic heterocycles. The SMILES string of the molecule is CCCNc1cc(NCC2CCC(C)CC2)nc(SC)n1. The van der Waals surface area contributed by atoms with E-state index < -0.39 is 0 Å².